The number of nitrogens with zero attached hydrogens (tertiary/aromatic N) is 1. The zero-order chi connectivity index (χ0) is 17.1. The van der Waals surface area contributed by atoms with E-state index in [9.17, 15) is 19.2 Å². The van der Waals surface area contributed by atoms with E-state index >= 15 is 0 Å². The number of carbonyl (C=O) groups excluding carboxylic acids is 4. The Hall–Kier alpha value is -1.92. The Morgan fingerprint density at radius 2 is 1.68 bits per heavy atom. The van der Waals surface area contributed by atoms with Gasteiger partial charge in [0.25, 0.3) is 5.91 Å². The van der Waals surface area contributed by atoms with Crippen molar-refractivity contribution in [2.45, 2.75) is 65.5 Å². The Labute approximate surface area is 130 Å². The minimum Gasteiger partial charge on any atom is -0.444 e. The van der Waals surface area contributed by atoms with Crippen LogP contribution in [0.3, 0.4) is 0 Å². The summed E-state index contributed by atoms with van der Waals surface area (Å²) in [5.41, 5.74) is -0.700. The second kappa shape index (κ2) is 6.89. The molecule has 1 atom stereocenters. The van der Waals surface area contributed by atoms with Crippen molar-refractivity contribution in [3.05, 3.63) is 0 Å². The first-order valence-electron chi connectivity index (χ1n) is 7.40. The molecule has 1 aliphatic rings. The number of carbonyl (C=O) groups is 4. The molecule has 7 heteroatoms. The van der Waals surface area contributed by atoms with Gasteiger partial charge in [-0.2, -0.15) is 0 Å². The predicted octanol–water partition coefficient (Wildman–Crippen LogP) is 1.60. The van der Waals surface area contributed by atoms with Crippen LogP contribution in [0, 0.1) is 5.92 Å². The highest BCUT2D eigenvalue weighted by atomic mass is 16.6. The van der Waals surface area contributed by atoms with Crippen molar-refractivity contribution in [2.75, 3.05) is 0 Å². The summed E-state index contributed by atoms with van der Waals surface area (Å²) < 4.78 is 5.13. The number of rotatable bonds is 4. The van der Waals surface area contributed by atoms with E-state index < -0.39 is 35.5 Å². The highest BCUT2D eigenvalue weighted by Gasteiger charge is 2.39. The molecular weight excluding hydrogens is 288 g/mol. The molecule has 4 amide bonds. The van der Waals surface area contributed by atoms with Crippen LogP contribution in [-0.4, -0.2) is 40.4 Å². The SMILES string of the molecule is CC(C)C[C@H](NC(=O)OC(C)(C)C)C(=O)N1C(=O)CCC1=O. The van der Waals surface area contributed by atoms with Crippen molar-refractivity contribution in [1.82, 2.24) is 10.2 Å². The van der Waals surface area contributed by atoms with Crippen LogP contribution in [0.25, 0.3) is 0 Å². The van der Waals surface area contributed by atoms with E-state index in [0.717, 1.165) is 0 Å². The lowest BCUT2D eigenvalue weighted by atomic mass is 10.0. The van der Waals surface area contributed by atoms with Crippen LogP contribution in [0.2, 0.25) is 0 Å². The van der Waals surface area contributed by atoms with Crippen LogP contribution < -0.4 is 5.32 Å². The Morgan fingerprint density at radius 1 is 1.18 bits per heavy atom. The lowest BCUT2D eigenvalue weighted by molar-refractivity contribution is -0.150. The number of likely N-dealkylation sites (tertiary alicyclic amines) is 1. The van der Waals surface area contributed by atoms with E-state index in [1.54, 1.807) is 20.8 Å². The second-order valence-corrected chi connectivity index (χ2v) is 6.79. The molecule has 0 radical (unpaired) electrons. The van der Waals surface area contributed by atoms with Crippen molar-refractivity contribution >= 4 is 23.8 Å². The van der Waals surface area contributed by atoms with Gasteiger partial charge >= 0.3 is 6.09 Å². The first-order valence-corrected chi connectivity index (χ1v) is 7.40. The molecule has 0 aromatic heterocycles. The molecule has 0 spiro atoms. The molecular formula is C15H24N2O5. The second-order valence-electron chi connectivity index (χ2n) is 6.79. The van der Waals surface area contributed by atoms with E-state index in [2.05, 4.69) is 5.32 Å². The van der Waals surface area contributed by atoms with Gasteiger partial charge in [-0.15, -0.1) is 0 Å². The molecule has 0 bridgehead atoms. The molecule has 124 valence electrons. The number of hydrogen-bond donors (Lipinski definition) is 1. The van der Waals surface area contributed by atoms with Crippen molar-refractivity contribution in [2.24, 2.45) is 5.92 Å². The molecule has 7 nitrogen and oxygen atoms in total. The molecule has 0 saturated carbocycles. The van der Waals surface area contributed by atoms with E-state index in [0.29, 0.717) is 11.3 Å². The molecule has 1 N–H and O–H groups in total. The highest BCUT2D eigenvalue weighted by Crippen LogP contribution is 2.17. The van der Waals surface area contributed by atoms with E-state index in [1.807, 2.05) is 13.8 Å². The summed E-state index contributed by atoms with van der Waals surface area (Å²) >= 11 is 0. The van der Waals surface area contributed by atoms with Crippen molar-refractivity contribution in [3.8, 4) is 0 Å². The monoisotopic (exact) mass is 312 g/mol. The Bertz CT molecular complexity index is 463. The normalized spacial score (nSPS) is 16.9. The minimum absolute atomic E-state index is 0.0331. The zero-order valence-corrected chi connectivity index (χ0v) is 13.8. The van der Waals surface area contributed by atoms with Gasteiger partial charge in [0.05, 0.1) is 0 Å². The number of ether oxygens (including phenoxy) is 1. The number of nitrogens with one attached hydrogen (secondary N) is 1. The molecule has 1 rings (SSSR count). The third kappa shape index (κ3) is 5.13. The fourth-order valence-corrected chi connectivity index (χ4v) is 2.12. The highest BCUT2D eigenvalue weighted by molar-refractivity contribution is 6.16. The van der Waals surface area contributed by atoms with Crippen LogP contribution in [0.1, 0.15) is 53.9 Å². The van der Waals surface area contributed by atoms with Gasteiger partial charge in [0.2, 0.25) is 11.8 Å². The first kappa shape index (κ1) is 18.1. The summed E-state index contributed by atoms with van der Waals surface area (Å²) in [7, 11) is 0. The maximum atomic E-state index is 12.4. The topological polar surface area (TPSA) is 92.8 Å². The molecule has 0 aromatic carbocycles. The first-order chi connectivity index (χ1) is 10.0. The average molecular weight is 312 g/mol. The maximum Gasteiger partial charge on any atom is 0.408 e. The van der Waals surface area contributed by atoms with Crippen LogP contribution in [0.4, 0.5) is 4.79 Å². The largest absolute Gasteiger partial charge is 0.444 e. The molecule has 22 heavy (non-hydrogen) atoms. The van der Waals surface area contributed by atoms with Crippen LogP contribution >= 0.6 is 0 Å². The lowest BCUT2D eigenvalue weighted by Crippen LogP contribution is -2.51. The van der Waals surface area contributed by atoms with Crippen molar-refractivity contribution < 1.29 is 23.9 Å². The molecule has 1 saturated heterocycles. The fraction of sp³-hybridized carbons (Fsp3) is 0.733. The molecule has 0 unspecified atom stereocenters. The van der Waals surface area contributed by atoms with Gasteiger partial charge in [0.1, 0.15) is 11.6 Å². The van der Waals surface area contributed by atoms with E-state index in [-0.39, 0.29) is 18.8 Å². The van der Waals surface area contributed by atoms with Gasteiger partial charge in [-0.1, -0.05) is 13.8 Å². The number of amides is 4. The van der Waals surface area contributed by atoms with Crippen LogP contribution in [0.5, 0.6) is 0 Å². The van der Waals surface area contributed by atoms with Crippen molar-refractivity contribution in [1.29, 1.82) is 0 Å². The zero-order valence-electron chi connectivity index (χ0n) is 13.8. The molecule has 0 aromatic rings. The average Bonchev–Trinajstić information content (AvgIpc) is 2.64. The summed E-state index contributed by atoms with van der Waals surface area (Å²) in [6.07, 6.45) is -0.364. The van der Waals surface area contributed by atoms with Gasteiger partial charge < -0.3 is 10.1 Å². The standard InChI is InChI=1S/C15H24N2O5/c1-9(2)8-10(16-14(21)22-15(3,4)5)13(20)17-11(18)6-7-12(17)19/h9-10H,6-8H2,1-5H3,(H,16,21)/t10-/m0/s1. The summed E-state index contributed by atoms with van der Waals surface area (Å²) in [6, 6.07) is -0.958. The number of alkyl carbamates (subject to hydrolysis) is 1. The summed E-state index contributed by atoms with van der Waals surface area (Å²) in [6.45, 7) is 8.88. The summed E-state index contributed by atoms with van der Waals surface area (Å²) in [5, 5.41) is 2.47. The summed E-state index contributed by atoms with van der Waals surface area (Å²) in [5.74, 6) is -1.63. The third-order valence-electron chi connectivity index (χ3n) is 2.97. The van der Waals surface area contributed by atoms with Crippen LogP contribution in [-0.2, 0) is 19.1 Å². The predicted molar refractivity (Wildman–Crippen MR) is 78.7 cm³/mol. The van der Waals surface area contributed by atoms with Crippen molar-refractivity contribution in [3.63, 3.8) is 0 Å². The van der Waals surface area contributed by atoms with Gasteiger partial charge in [0, 0.05) is 12.8 Å². The third-order valence-corrected chi connectivity index (χ3v) is 2.97. The maximum absolute atomic E-state index is 12.4. The molecule has 0 aliphatic carbocycles. The molecule has 1 aliphatic heterocycles. The van der Waals surface area contributed by atoms with Gasteiger partial charge in [-0.3, -0.25) is 14.4 Å². The van der Waals surface area contributed by atoms with E-state index in [4.69, 9.17) is 4.74 Å². The number of imide groups is 3. The summed E-state index contributed by atoms with van der Waals surface area (Å²) in [4.78, 5) is 48.3. The quantitative estimate of drug-likeness (QED) is 0.796. The molecule has 1 fully saturated rings. The molecule has 1 heterocycles. The fourth-order valence-electron chi connectivity index (χ4n) is 2.12. The lowest BCUT2D eigenvalue weighted by Gasteiger charge is -2.25. The number of hydrogen-bond acceptors (Lipinski definition) is 5. The van der Waals surface area contributed by atoms with Crippen LogP contribution in [0.15, 0.2) is 0 Å². The van der Waals surface area contributed by atoms with Gasteiger partial charge in [-0.25, -0.2) is 9.69 Å². The van der Waals surface area contributed by atoms with Gasteiger partial charge in [-0.05, 0) is 33.1 Å². The smallest absolute Gasteiger partial charge is 0.408 e. The Kier molecular flexibility index (Phi) is 5.68. The Morgan fingerprint density at radius 3 is 2.09 bits per heavy atom. The minimum atomic E-state index is -0.958. The van der Waals surface area contributed by atoms with E-state index in [1.165, 1.54) is 0 Å². The Balaban J connectivity index is 2.84. The van der Waals surface area contributed by atoms with Gasteiger partial charge in [0.15, 0.2) is 0 Å².